The number of amides is 2. The zero-order chi connectivity index (χ0) is 22.4. The first-order chi connectivity index (χ1) is 15.5. The Bertz CT molecular complexity index is 1210. The second kappa shape index (κ2) is 7.55. The lowest BCUT2D eigenvalue weighted by atomic mass is 10.00. The molecule has 3 aromatic rings. The number of carbonyl (C=O) groups is 2. The highest BCUT2D eigenvalue weighted by Gasteiger charge is 2.47. The number of rotatable bonds is 4. The molecule has 0 bridgehead atoms. The maximum atomic E-state index is 15.0. The maximum Gasteiger partial charge on any atom is 0.415 e. The smallest absolute Gasteiger partial charge is 0.415 e. The molecule has 1 N–H and O–H groups in total. The molecule has 5 rings (SSSR count). The van der Waals surface area contributed by atoms with Crippen LogP contribution in [0.1, 0.15) is 5.56 Å². The molecule has 12 heteroatoms. The van der Waals surface area contributed by atoms with Crippen molar-refractivity contribution in [3.05, 3.63) is 41.8 Å². The lowest BCUT2D eigenvalue weighted by Gasteiger charge is -2.16. The fourth-order valence-corrected chi connectivity index (χ4v) is 4.07. The Hall–Kier alpha value is -4.09. The average molecular weight is 439 g/mol. The zero-order valence-corrected chi connectivity index (χ0v) is 17.1. The summed E-state index contributed by atoms with van der Waals surface area (Å²) in [6.45, 7) is 0.102. The fraction of sp³-hybridized carbons (Fsp3) is 0.300. The molecule has 2 aliphatic rings. The number of aryl methyl sites for hydroxylation is 1. The first-order valence-corrected chi connectivity index (χ1v) is 9.79. The largest absolute Gasteiger partial charge is 0.453 e. The standard InChI is InChI=1S/C20H18FN7O4/c1-27-18(24-25-26-27)14-4-3-10(8-22-14)12-5-11-6-16-17(9-23-19(29)31-2)32-20(30)28(16)15(11)7-13(12)21/h3-5,7-8,16-17H,6,9H2,1-2H3,(H,23,29)/t16?,17-/m0/s1. The molecule has 4 heterocycles. The highest BCUT2D eigenvalue weighted by Crippen LogP contribution is 2.41. The van der Waals surface area contributed by atoms with Gasteiger partial charge in [-0.2, -0.15) is 0 Å². The molecule has 0 saturated carbocycles. The summed E-state index contributed by atoms with van der Waals surface area (Å²) in [4.78, 5) is 29.6. The Morgan fingerprint density at radius 2 is 2.22 bits per heavy atom. The number of hydrogen-bond donors (Lipinski definition) is 1. The van der Waals surface area contributed by atoms with E-state index in [-0.39, 0.29) is 12.6 Å². The second-order valence-corrected chi connectivity index (χ2v) is 7.46. The molecule has 0 aliphatic carbocycles. The quantitative estimate of drug-likeness (QED) is 0.651. The summed E-state index contributed by atoms with van der Waals surface area (Å²) in [6.07, 6.45) is 0.277. The molecule has 164 valence electrons. The van der Waals surface area contributed by atoms with Crippen molar-refractivity contribution in [1.29, 1.82) is 0 Å². The SMILES string of the molecule is COC(=O)NC[C@@H]1OC(=O)N2c3cc(F)c(-c4ccc(-c5nnnn5C)nc4)cc3CC12. The van der Waals surface area contributed by atoms with E-state index in [4.69, 9.17) is 4.74 Å². The number of anilines is 1. The van der Waals surface area contributed by atoms with Crippen molar-refractivity contribution in [2.45, 2.75) is 18.6 Å². The molecular formula is C20H18FN7O4. The normalized spacial score (nSPS) is 18.8. The number of methoxy groups -OCH3 is 1. The number of nitrogens with one attached hydrogen (secondary N) is 1. The van der Waals surface area contributed by atoms with Crippen LogP contribution in [-0.2, 0) is 22.9 Å². The van der Waals surface area contributed by atoms with Gasteiger partial charge in [-0.05, 0) is 40.6 Å². The van der Waals surface area contributed by atoms with Crippen molar-refractivity contribution >= 4 is 17.9 Å². The molecule has 1 fully saturated rings. The Labute approximate surface area is 181 Å². The van der Waals surface area contributed by atoms with Crippen LogP contribution in [0.4, 0.5) is 19.7 Å². The molecule has 11 nitrogen and oxygen atoms in total. The summed E-state index contributed by atoms with van der Waals surface area (Å²) in [6, 6.07) is 6.19. The first-order valence-electron chi connectivity index (χ1n) is 9.79. The highest BCUT2D eigenvalue weighted by atomic mass is 19.1. The van der Waals surface area contributed by atoms with E-state index in [1.54, 1.807) is 31.4 Å². The second-order valence-electron chi connectivity index (χ2n) is 7.46. The summed E-state index contributed by atoms with van der Waals surface area (Å²) in [5, 5.41) is 13.8. The van der Waals surface area contributed by atoms with E-state index < -0.39 is 24.1 Å². The van der Waals surface area contributed by atoms with Gasteiger partial charge in [-0.25, -0.2) is 18.7 Å². The fourth-order valence-electron chi connectivity index (χ4n) is 4.07. The Morgan fingerprint density at radius 1 is 1.38 bits per heavy atom. The molecule has 32 heavy (non-hydrogen) atoms. The van der Waals surface area contributed by atoms with Gasteiger partial charge in [-0.15, -0.1) is 5.10 Å². The van der Waals surface area contributed by atoms with E-state index in [0.29, 0.717) is 34.8 Å². The third kappa shape index (κ3) is 3.20. The van der Waals surface area contributed by atoms with Gasteiger partial charge in [-0.3, -0.25) is 9.88 Å². The molecule has 2 atom stereocenters. The number of nitrogens with zero attached hydrogens (tertiary/aromatic N) is 6. The van der Waals surface area contributed by atoms with E-state index in [9.17, 15) is 9.59 Å². The van der Waals surface area contributed by atoms with Gasteiger partial charge in [0.25, 0.3) is 0 Å². The highest BCUT2D eigenvalue weighted by molar-refractivity contribution is 5.94. The topological polar surface area (TPSA) is 124 Å². The number of ether oxygens (including phenoxy) is 2. The minimum atomic E-state index is -0.614. The van der Waals surface area contributed by atoms with Crippen LogP contribution in [0, 0.1) is 5.82 Å². The lowest BCUT2D eigenvalue weighted by Crippen LogP contribution is -2.40. The van der Waals surface area contributed by atoms with Crippen molar-refractivity contribution in [3.63, 3.8) is 0 Å². The molecule has 0 radical (unpaired) electrons. The van der Waals surface area contributed by atoms with Gasteiger partial charge in [-0.1, -0.05) is 6.07 Å². The van der Waals surface area contributed by atoms with Crippen LogP contribution in [0.3, 0.4) is 0 Å². The minimum Gasteiger partial charge on any atom is -0.453 e. The first kappa shape index (κ1) is 19.8. The zero-order valence-electron chi connectivity index (χ0n) is 17.1. The number of fused-ring (bicyclic) bond motifs is 3. The van der Waals surface area contributed by atoms with Gasteiger partial charge in [0.15, 0.2) is 5.82 Å². The van der Waals surface area contributed by atoms with Crippen molar-refractivity contribution in [2.24, 2.45) is 7.05 Å². The van der Waals surface area contributed by atoms with Gasteiger partial charge >= 0.3 is 12.2 Å². The van der Waals surface area contributed by atoms with Crippen LogP contribution in [-0.4, -0.2) is 63.2 Å². The maximum absolute atomic E-state index is 15.0. The van der Waals surface area contributed by atoms with Crippen LogP contribution < -0.4 is 10.2 Å². The Balaban J connectivity index is 1.41. The molecular weight excluding hydrogens is 421 g/mol. The monoisotopic (exact) mass is 439 g/mol. The number of pyridine rings is 1. The summed E-state index contributed by atoms with van der Waals surface area (Å²) >= 11 is 0. The number of halogens is 1. The molecule has 1 unspecified atom stereocenters. The summed E-state index contributed by atoms with van der Waals surface area (Å²) in [5.74, 6) is 0.0138. The molecule has 2 amide bonds. The van der Waals surface area contributed by atoms with Crippen LogP contribution in [0.2, 0.25) is 0 Å². The molecule has 1 aromatic carbocycles. The van der Waals surface area contributed by atoms with Crippen LogP contribution in [0.5, 0.6) is 0 Å². The predicted molar refractivity (Wildman–Crippen MR) is 108 cm³/mol. The van der Waals surface area contributed by atoms with Gasteiger partial charge < -0.3 is 14.8 Å². The van der Waals surface area contributed by atoms with Crippen molar-refractivity contribution in [1.82, 2.24) is 30.5 Å². The molecule has 2 aliphatic heterocycles. The van der Waals surface area contributed by atoms with Crippen molar-refractivity contribution < 1.29 is 23.5 Å². The van der Waals surface area contributed by atoms with Gasteiger partial charge in [0.05, 0.1) is 25.4 Å². The number of tetrazole rings is 1. The van der Waals surface area contributed by atoms with Crippen molar-refractivity contribution in [2.75, 3.05) is 18.6 Å². The lowest BCUT2D eigenvalue weighted by molar-refractivity contribution is 0.123. The van der Waals surface area contributed by atoms with E-state index in [0.717, 1.165) is 5.56 Å². The Morgan fingerprint density at radius 3 is 2.91 bits per heavy atom. The third-order valence-corrected chi connectivity index (χ3v) is 5.62. The van der Waals surface area contributed by atoms with E-state index in [1.807, 2.05) is 0 Å². The van der Waals surface area contributed by atoms with Crippen molar-refractivity contribution in [3.8, 4) is 22.6 Å². The minimum absolute atomic E-state index is 0.102. The summed E-state index contributed by atoms with van der Waals surface area (Å²) in [7, 11) is 2.96. The summed E-state index contributed by atoms with van der Waals surface area (Å²) < 4.78 is 26.4. The van der Waals surface area contributed by atoms with Crippen LogP contribution in [0.15, 0.2) is 30.5 Å². The molecule has 2 aromatic heterocycles. The van der Waals surface area contributed by atoms with E-state index >= 15 is 4.39 Å². The number of alkyl carbamates (subject to hydrolysis) is 1. The van der Waals surface area contributed by atoms with E-state index in [2.05, 4.69) is 30.6 Å². The van der Waals surface area contributed by atoms with Gasteiger partial charge in [0.2, 0.25) is 0 Å². The number of aromatic nitrogens is 5. The van der Waals surface area contributed by atoms with Crippen LogP contribution in [0.25, 0.3) is 22.6 Å². The summed E-state index contributed by atoms with van der Waals surface area (Å²) in [5.41, 5.74) is 2.80. The predicted octanol–water partition coefficient (Wildman–Crippen LogP) is 1.68. The number of carbonyl (C=O) groups excluding carboxylic acids is 2. The molecule has 0 spiro atoms. The average Bonchev–Trinajstić information content (AvgIpc) is 3.46. The number of cyclic esters (lactones) is 1. The van der Waals surface area contributed by atoms with Gasteiger partial charge in [0, 0.05) is 24.4 Å². The number of hydrogen-bond acceptors (Lipinski definition) is 8. The van der Waals surface area contributed by atoms with Crippen LogP contribution >= 0.6 is 0 Å². The third-order valence-electron chi connectivity index (χ3n) is 5.62. The Kier molecular flexibility index (Phi) is 4.68. The molecule has 1 saturated heterocycles. The number of benzene rings is 1. The van der Waals surface area contributed by atoms with E-state index in [1.165, 1.54) is 22.8 Å². The van der Waals surface area contributed by atoms with Gasteiger partial charge in [0.1, 0.15) is 17.6 Å².